The van der Waals surface area contributed by atoms with Crippen molar-refractivity contribution in [3.8, 4) is 5.75 Å². The highest BCUT2D eigenvalue weighted by Gasteiger charge is 2.20. The number of benzene rings is 1. The van der Waals surface area contributed by atoms with Gasteiger partial charge in [0.05, 0.1) is 18.1 Å². The number of ether oxygens (including phenoxy) is 1. The fourth-order valence-corrected chi connectivity index (χ4v) is 1.53. The Labute approximate surface area is 117 Å². The number of hydrogen-bond donors (Lipinski definition) is 1. The van der Waals surface area contributed by atoms with Gasteiger partial charge in [-0.15, -0.1) is 0 Å². The van der Waals surface area contributed by atoms with Gasteiger partial charge in [0.15, 0.2) is 17.4 Å². The molecule has 0 atom stereocenters. The Bertz CT molecular complexity index is 608. The lowest BCUT2D eigenvalue weighted by atomic mass is 10.3. The Morgan fingerprint density at radius 2 is 1.71 bits per heavy atom. The quantitative estimate of drug-likeness (QED) is 0.681. The normalized spacial score (nSPS) is 10.5. The van der Waals surface area contributed by atoms with Crippen molar-refractivity contribution in [1.82, 2.24) is 9.97 Å². The predicted octanol–water partition coefficient (Wildman–Crippen LogP) is 3.04. The molecule has 0 spiro atoms. The van der Waals surface area contributed by atoms with Crippen LogP contribution in [0, 0.1) is 23.3 Å². The Balaban J connectivity index is 2.13. The van der Waals surface area contributed by atoms with E-state index >= 15 is 0 Å². The van der Waals surface area contributed by atoms with Gasteiger partial charge in [-0.25, -0.2) is 13.8 Å². The molecule has 2 aromatic rings. The maximum absolute atomic E-state index is 13.4. The fraction of sp³-hybridized carbons (Fsp3) is 0.231. The zero-order chi connectivity index (χ0) is 15.4. The highest BCUT2D eigenvalue weighted by atomic mass is 19.2. The molecule has 21 heavy (non-hydrogen) atoms. The molecule has 1 aromatic carbocycles. The molecule has 4 nitrogen and oxygen atoms in total. The minimum absolute atomic E-state index is 0.114. The average molecular weight is 301 g/mol. The van der Waals surface area contributed by atoms with Gasteiger partial charge in [0.1, 0.15) is 12.4 Å². The summed E-state index contributed by atoms with van der Waals surface area (Å²) in [5, 5.41) is 2.91. The molecule has 112 valence electrons. The molecular formula is C13H11F4N3O. The van der Waals surface area contributed by atoms with E-state index in [2.05, 4.69) is 15.3 Å². The first-order chi connectivity index (χ1) is 10.0. The van der Waals surface area contributed by atoms with Crippen molar-refractivity contribution in [2.24, 2.45) is 0 Å². The van der Waals surface area contributed by atoms with Crippen LogP contribution in [0.1, 0.15) is 12.6 Å². The van der Waals surface area contributed by atoms with Crippen molar-refractivity contribution < 1.29 is 22.3 Å². The average Bonchev–Trinajstić information content (AvgIpc) is 2.47. The minimum Gasteiger partial charge on any atom is -0.481 e. The van der Waals surface area contributed by atoms with E-state index in [1.165, 1.54) is 12.4 Å². The highest BCUT2D eigenvalue weighted by molar-refractivity contribution is 5.31. The van der Waals surface area contributed by atoms with Crippen LogP contribution in [0.2, 0.25) is 0 Å². The molecule has 0 aliphatic carbocycles. The van der Waals surface area contributed by atoms with Crippen LogP contribution < -0.4 is 10.1 Å². The number of aromatic nitrogens is 2. The molecule has 0 aliphatic rings. The topological polar surface area (TPSA) is 47.0 Å². The van der Waals surface area contributed by atoms with Crippen molar-refractivity contribution in [3.05, 3.63) is 47.4 Å². The van der Waals surface area contributed by atoms with E-state index in [1.807, 2.05) is 6.92 Å². The van der Waals surface area contributed by atoms with E-state index in [0.717, 1.165) is 0 Å². The van der Waals surface area contributed by atoms with E-state index in [9.17, 15) is 17.6 Å². The summed E-state index contributed by atoms with van der Waals surface area (Å²) < 4.78 is 57.4. The Kier molecular flexibility index (Phi) is 4.56. The summed E-state index contributed by atoms with van der Waals surface area (Å²) in [5.41, 5.74) is 0.250. The summed E-state index contributed by atoms with van der Waals surface area (Å²) in [6.45, 7) is 2.16. The Morgan fingerprint density at radius 3 is 2.24 bits per heavy atom. The predicted molar refractivity (Wildman–Crippen MR) is 66.8 cm³/mol. The first kappa shape index (κ1) is 15.0. The van der Waals surface area contributed by atoms with Gasteiger partial charge in [-0.2, -0.15) is 8.78 Å². The molecule has 1 heterocycles. The molecule has 2 rings (SSSR count). The van der Waals surface area contributed by atoms with Gasteiger partial charge in [-0.1, -0.05) is 0 Å². The molecule has 0 unspecified atom stereocenters. The lowest BCUT2D eigenvalue weighted by molar-refractivity contribution is 0.258. The van der Waals surface area contributed by atoms with Crippen LogP contribution in [0.5, 0.6) is 5.75 Å². The van der Waals surface area contributed by atoms with E-state index in [1.54, 1.807) is 0 Å². The summed E-state index contributed by atoms with van der Waals surface area (Å²) in [4.78, 5) is 7.91. The Hall–Kier alpha value is -2.38. The second-order valence-corrected chi connectivity index (χ2v) is 4.01. The van der Waals surface area contributed by atoms with Gasteiger partial charge in [-0.05, 0) is 6.92 Å². The minimum atomic E-state index is -1.59. The van der Waals surface area contributed by atoms with E-state index in [0.29, 0.717) is 12.4 Å². The van der Waals surface area contributed by atoms with Gasteiger partial charge in [0.25, 0.3) is 0 Å². The van der Waals surface area contributed by atoms with Crippen molar-refractivity contribution in [2.45, 2.75) is 13.5 Å². The summed E-state index contributed by atoms with van der Waals surface area (Å²) in [5.74, 6) is -6.84. The maximum atomic E-state index is 13.4. The fourth-order valence-electron chi connectivity index (χ4n) is 1.53. The van der Waals surface area contributed by atoms with Gasteiger partial charge in [0.2, 0.25) is 11.6 Å². The van der Waals surface area contributed by atoms with E-state index in [4.69, 9.17) is 4.74 Å². The third-order valence-corrected chi connectivity index (χ3v) is 2.50. The van der Waals surface area contributed by atoms with Crippen LogP contribution in [-0.4, -0.2) is 16.5 Å². The molecule has 8 heteroatoms. The van der Waals surface area contributed by atoms with Crippen LogP contribution in [-0.2, 0) is 6.61 Å². The number of nitrogens with one attached hydrogen (secondary N) is 1. The van der Waals surface area contributed by atoms with Crippen molar-refractivity contribution in [2.75, 3.05) is 11.9 Å². The highest BCUT2D eigenvalue weighted by Crippen LogP contribution is 2.26. The second-order valence-electron chi connectivity index (χ2n) is 4.01. The molecule has 0 bridgehead atoms. The first-order valence-corrected chi connectivity index (χ1v) is 6.03. The lowest BCUT2D eigenvalue weighted by Gasteiger charge is -2.09. The maximum Gasteiger partial charge on any atom is 0.203 e. The third kappa shape index (κ3) is 3.39. The second kappa shape index (κ2) is 6.38. The molecule has 1 N–H and O–H groups in total. The molecule has 0 radical (unpaired) electrons. The number of hydrogen-bond acceptors (Lipinski definition) is 4. The number of nitrogens with zero attached hydrogens (tertiary/aromatic N) is 2. The van der Waals surface area contributed by atoms with Crippen molar-refractivity contribution in [1.29, 1.82) is 0 Å². The monoisotopic (exact) mass is 301 g/mol. The molecule has 0 amide bonds. The standard InChI is InChI=1S/C13H11F4N3O/c1-2-18-10-5-19-7(4-20-10)6-21-13-11(16)8(14)3-9(15)12(13)17/h3-5H,2,6H2,1H3,(H,18,20). The zero-order valence-electron chi connectivity index (χ0n) is 11.0. The van der Waals surface area contributed by atoms with Crippen LogP contribution in [0.15, 0.2) is 18.5 Å². The summed E-state index contributed by atoms with van der Waals surface area (Å²) in [6.07, 6.45) is 2.73. The zero-order valence-corrected chi connectivity index (χ0v) is 11.0. The summed E-state index contributed by atoms with van der Waals surface area (Å²) in [7, 11) is 0. The largest absolute Gasteiger partial charge is 0.481 e. The summed E-state index contributed by atoms with van der Waals surface area (Å²) >= 11 is 0. The number of anilines is 1. The van der Waals surface area contributed by atoms with E-state index in [-0.39, 0.29) is 18.4 Å². The first-order valence-electron chi connectivity index (χ1n) is 6.03. The smallest absolute Gasteiger partial charge is 0.203 e. The number of halogens is 4. The van der Waals surface area contributed by atoms with Gasteiger partial charge in [0, 0.05) is 12.6 Å². The van der Waals surface area contributed by atoms with Crippen LogP contribution in [0.4, 0.5) is 23.4 Å². The van der Waals surface area contributed by atoms with Crippen LogP contribution in [0.3, 0.4) is 0 Å². The summed E-state index contributed by atoms with van der Waals surface area (Å²) in [6, 6.07) is 0.114. The van der Waals surface area contributed by atoms with Crippen molar-refractivity contribution in [3.63, 3.8) is 0 Å². The van der Waals surface area contributed by atoms with Gasteiger partial charge in [-0.3, -0.25) is 4.98 Å². The molecule has 0 aliphatic heterocycles. The lowest BCUT2D eigenvalue weighted by Crippen LogP contribution is -2.06. The molecule has 0 saturated heterocycles. The third-order valence-electron chi connectivity index (χ3n) is 2.50. The molecule has 0 fully saturated rings. The molecular weight excluding hydrogens is 290 g/mol. The Morgan fingerprint density at radius 1 is 1.05 bits per heavy atom. The van der Waals surface area contributed by atoms with Gasteiger partial charge < -0.3 is 10.1 Å². The van der Waals surface area contributed by atoms with Crippen LogP contribution >= 0.6 is 0 Å². The SMILES string of the molecule is CCNc1cnc(COc2c(F)c(F)cc(F)c2F)cn1. The molecule has 0 saturated carbocycles. The molecule has 1 aromatic heterocycles. The number of rotatable bonds is 5. The van der Waals surface area contributed by atoms with Crippen molar-refractivity contribution >= 4 is 5.82 Å². The van der Waals surface area contributed by atoms with E-state index < -0.39 is 29.0 Å². The van der Waals surface area contributed by atoms with Crippen LogP contribution in [0.25, 0.3) is 0 Å². The van der Waals surface area contributed by atoms with Gasteiger partial charge >= 0.3 is 0 Å².